The molecular formula is C22H29FN4OS. The quantitative estimate of drug-likeness (QED) is 0.738. The number of amides is 1. The van der Waals surface area contributed by atoms with Crippen LogP contribution in [0.25, 0.3) is 0 Å². The van der Waals surface area contributed by atoms with Gasteiger partial charge in [0.15, 0.2) is 5.69 Å². The Bertz CT molecular complexity index is 853. The summed E-state index contributed by atoms with van der Waals surface area (Å²) in [5.41, 5.74) is 1.83. The van der Waals surface area contributed by atoms with Crippen molar-refractivity contribution in [3.05, 3.63) is 46.2 Å². The van der Waals surface area contributed by atoms with Gasteiger partial charge < -0.3 is 4.90 Å². The fourth-order valence-electron chi connectivity index (χ4n) is 4.87. The third-order valence-electron chi connectivity index (χ3n) is 6.47. The van der Waals surface area contributed by atoms with Crippen LogP contribution in [0.5, 0.6) is 0 Å². The number of hydrogen-bond acceptors (Lipinski definition) is 5. The van der Waals surface area contributed by atoms with E-state index in [9.17, 15) is 9.18 Å². The zero-order valence-corrected chi connectivity index (χ0v) is 18.1. The molecule has 2 fully saturated rings. The van der Waals surface area contributed by atoms with Crippen molar-refractivity contribution in [2.24, 2.45) is 0 Å². The van der Waals surface area contributed by atoms with E-state index < -0.39 is 0 Å². The van der Waals surface area contributed by atoms with E-state index in [1.54, 1.807) is 12.1 Å². The number of rotatable bonds is 4. The molecule has 156 valence electrons. The second kappa shape index (κ2) is 8.48. The standard InChI is InChI=1S/C22H29FN4OS/c1-16(2)20-19(24-25-29-20)21(28)26-12-3-9-22(11-14-26)10-4-13-27(22)15-17-5-7-18(23)8-6-17/h5-8,16H,3-4,9-15H2,1-2H3/t22-/m1/s1. The van der Waals surface area contributed by atoms with E-state index in [1.165, 1.54) is 24.4 Å². The van der Waals surface area contributed by atoms with Gasteiger partial charge in [0.1, 0.15) is 5.82 Å². The van der Waals surface area contributed by atoms with E-state index in [0.717, 1.165) is 55.9 Å². The zero-order valence-electron chi connectivity index (χ0n) is 17.2. The Morgan fingerprint density at radius 3 is 2.59 bits per heavy atom. The molecule has 29 heavy (non-hydrogen) atoms. The minimum Gasteiger partial charge on any atom is -0.337 e. The van der Waals surface area contributed by atoms with Gasteiger partial charge in [-0.25, -0.2) is 4.39 Å². The van der Waals surface area contributed by atoms with Crippen molar-refractivity contribution >= 4 is 17.4 Å². The summed E-state index contributed by atoms with van der Waals surface area (Å²) in [7, 11) is 0. The van der Waals surface area contributed by atoms with Gasteiger partial charge in [-0.1, -0.05) is 30.5 Å². The lowest BCUT2D eigenvalue weighted by Crippen LogP contribution is -2.44. The molecule has 2 aliphatic rings. The van der Waals surface area contributed by atoms with Crippen LogP contribution in [0, 0.1) is 5.82 Å². The average Bonchev–Trinajstić information content (AvgIpc) is 3.28. The van der Waals surface area contributed by atoms with Gasteiger partial charge in [-0.15, -0.1) is 5.10 Å². The maximum atomic E-state index is 13.3. The van der Waals surface area contributed by atoms with Gasteiger partial charge in [0, 0.05) is 25.2 Å². The summed E-state index contributed by atoms with van der Waals surface area (Å²) in [4.78, 5) is 18.7. The van der Waals surface area contributed by atoms with Gasteiger partial charge in [0.05, 0.1) is 4.88 Å². The summed E-state index contributed by atoms with van der Waals surface area (Å²) in [6.07, 6.45) is 5.44. The fraction of sp³-hybridized carbons (Fsp3) is 0.591. The number of halogens is 1. The van der Waals surface area contributed by atoms with Gasteiger partial charge in [0.25, 0.3) is 5.91 Å². The van der Waals surface area contributed by atoms with Crippen LogP contribution in [0.4, 0.5) is 4.39 Å². The maximum absolute atomic E-state index is 13.3. The number of aromatic nitrogens is 2. The van der Waals surface area contributed by atoms with Gasteiger partial charge in [0.2, 0.25) is 0 Å². The maximum Gasteiger partial charge on any atom is 0.275 e. The number of benzene rings is 1. The van der Waals surface area contributed by atoms with E-state index in [-0.39, 0.29) is 23.2 Å². The largest absolute Gasteiger partial charge is 0.337 e. The first-order valence-electron chi connectivity index (χ1n) is 10.6. The molecule has 4 rings (SSSR count). The van der Waals surface area contributed by atoms with Crippen molar-refractivity contribution in [1.82, 2.24) is 19.4 Å². The second-order valence-corrected chi connectivity index (χ2v) is 9.45. The first-order valence-corrected chi connectivity index (χ1v) is 11.4. The first kappa shape index (κ1) is 20.4. The van der Waals surface area contributed by atoms with Crippen molar-refractivity contribution in [3.63, 3.8) is 0 Å². The van der Waals surface area contributed by atoms with Crippen LogP contribution in [0.15, 0.2) is 24.3 Å². The Labute approximate surface area is 176 Å². The summed E-state index contributed by atoms with van der Waals surface area (Å²) >= 11 is 1.33. The molecule has 0 radical (unpaired) electrons. The SMILES string of the molecule is CC(C)c1snnc1C(=O)N1CCC[C@@]2(CCCN2Cc2ccc(F)cc2)CC1. The highest BCUT2D eigenvalue weighted by Gasteiger charge is 2.42. The molecule has 0 bridgehead atoms. The van der Waals surface area contributed by atoms with Crippen LogP contribution in [0.3, 0.4) is 0 Å². The van der Waals surface area contributed by atoms with Crippen molar-refractivity contribution in [1.29, 1.82) is 0 Å². The Morgan fingerprint density at radius 1 is 1.14 bits per heavy atom. The van der Waals surface area contributed by atoms with Crippen molar-refractivity contribution in [2.75, 3.05) is 19.6 Å². The summed E-state index contributed by atoms with van der Waals surface area (Å²) < 4.78 is 17.3. The molecule has 2 aliphatic heterocycles. The Hall–Kier alpha value is -1.86. The molecule has 1 atom stereocenters. The van der Waals surface area contributed by atoms with Gasteiger partial charge in [-0.2, -0.15) is 0 Å². The molecule has 1 amide bonds. The van der Waals surface area contributed by atoms with Gasteiger partial charge in [-0.3, -0.25) is 9.69 Å². The lowest BCUT2D eigenvalue weighted by atomic mass is 9.87. The van der Waals surface area contributed by atoms with Crippen LogP contribution in [0.2, 0.25) is 0 Å². The summed E-state index contributed by atoms with van der Waals surface area (Å²) in [5.74, 6) is 0.0988. The molecule has 1 spiro atoms. The molecule has 0 N–H and O–H groups in total. The molecule has 7 heteroatoms. The van der Waals surface area contributed by atoms with E-state index in [2.05, 4.69) is 28.3 Å². The molecular weight excluding hydrogens is 387 g/mol. The van der Waals surface area contributed by atoms with E-state index >= 15 is 0 Å². The van der Waals surface area contributed by atoms with Crippen LogP contribution in [0.1, 0.15) is 72.8 Å². The molecule has 2 aromatic rings. The van der Waals surface area contributed by atoms with E-state index in [4.69, 9.17) is 0 Å². The lowest BCUT2D eigenvalue weighted by Gasteiger charge is -2.38. The van der Waals surface area contributed by atoms with E-state index in [1.807, 2.05) is 17.0 Å². The van der Waals surface area contributed by atoms with Gasteiger partial charge >= 0.3 is 0 Å². The summed E-state index contributed by atoms with van der Waals surface area (Å²) in [5, 5.41) is 4.15. The fourth-order valence-corrected chi connectivity index (χ4v) is 5.51. The van der Waals surface area contributed by atoms with E-state index in [0.29, 0.717) is 5.69 Å². The third kappa shape index (κ3) is 4.21. The highest BCUT2D eigenvalue weighted by atomic mass is 32.1. The van der Waals surface area contributed by atoms with Crippen LogP contribution >= 0.6 is 11.5 Å². The predicted octanol–water partition coefficient (Wildman–Crippen LogP) is 4.46. The molecule has 0 saturated carbocycles. The molecule has 1 aromatic carbocycles. The monoisotopic (exact) mass is 416 g/mol. The molecule has 2 saturated heterocycles. The zero-order chi connectivity index (χ0) is 20.4. The number of carbonyl (C=O) groups excluding carboxylic acids is 1. The molecule has 3 heterocycles. The topological polar surface area (TPSA) is 49.3 Å². The smallest absolute Gasteiger partial charge is 0.275 e. The normalized spacial score (nSPS) is 23.1. The number of hydrogen-bond donors (Lipinski definition) is 0. The number of likely N-dealkylation sites (tertiary alicyclic amines) is 2. The van der Waals surface area contributed by atoms with Crippen LogP contribution < -0.4 is 0 Å². The van der Waals surface area contributed by atoms with Crippen molar-refractivity contribution in [2.45, 2.75) is 64.0 Å². The predicted molar refractivity (Wildman–Crippen MR) is 113 cm³/mol. The van der Waals surface area contributed by atoms with Crippen LogP contribution in [-0.4, -0.2) is 50.5 Å². The molecule has 5 nitrogen and oxygen atoms in total. The molecule has 0 aliphatic carbocycles. The second-order valence-electron chi connectivity index (χ2n) is 8.66. The minimum atomic E-state index is -0.189. The van der Waals surface area contributed by atoms with Crippen molar-refractivity contribution in [3.8, 4) is 0 Å². The highest BCUT2D eigenvalue weighted by Crippen LogP contribution is 2.39. The number of nitrogens with zero attached hydrogens (tertiary/aromatic N) is 4. The third-order valence-corrected chi connectivity index (χ3v) is 7.50. The Balaban J connectivity index is 1.46. The van der Waals surface area contributed by atoms with Crippen LogP contribution in [-0.2, 0) is 6.54 Å². The molecule has 1 aromatic heterocycles. The lowest BCUT2D eigenvalue weighted by molar-refractivity contribution is 0.0731. The first-order chi connectivity index (χ1) is 14.0. The Morgan fingerprint density at radius 2 is 1.86 bits per heavy atom. The summed E-state index contributed by atoms with van der Waals surface area (Å²) in [6.45, 7) is 7.61. The Kier molecular flexibility index (Phi) is 5.97. The average molecular weight is 417 g/mol. The number of carbonyl (C=O) groups is 1. The molecule has 0 unspecified atom stereocenters. The van der Waals surface area contributed by atoms with Gasteiger partial charge in [-0.05, 0) is 73.8 Å². The highest BCUT2D eigenvalue weighted by molar-refractivity contribution is 7.05. The van der Waals surface area contributed by atoms with Crippen molar-refractivity contribution < 1.29 is 9.18 Å². The minimum absolute atomic E-state index is 0.0302. The summed E-state index contributed by atoms with van der Waals surface area (Å²) in [6, 6.07) is 6.85.